The number of pyridine rings is 1. The van der Waals surface area contributed by atoms with Crippen molar-refractivity contribution >= 4 is 27.9 Å². The summed E-state index contributed by atoms with van der Waals surface area (Å²) in [7, 11) is 0. The summed E-state index contributed by atoms with van der Waals surface area (Å²) < 4.78 is 1.43. The smallest absolute Gasteiger partial charge is 0.327 e. The van der Waals surface area contributed by atoms with Gasteiger partial charge in [-0.1, -0.05) is 6.07 Å². The summed E-state index contributed by atoms with van der Waals surface area (Å²) in [5, 5.41) is 8.71. The minimum absolute atomic E-state index is 0.581. The third-order valence-electron chi connectivity index (χ3n) is 1.57. The van der Waals surface area contributed by atoms with E-state index in [1.165, 1.54) is 3.93 Å². The number of carboxylic acid groups (broad SMARTS) is 1. The molecule has 1 N–H and O–H groups in total. The van der Waals surface area contributed by atoms with Crippen LogP contribution in [0.3, 0.4) is 0 Å². The number of rotatable bonds is 3. The summed E-state index contributed by atoms with van der Waals surface area (Å²) in [6.45, 7) is 1.58. The molecule has 0 aliphatic carbocycles. The van der Waals surface area contributed by atoms with Crippen molar-refractivity contribution in [2.75, 3.05) is 3.93 Å². The molecule has 1 rings (SSSR count). The largest absolute Gasteiger partial charge is 0.480 e. The zero-order valence-electron chi connectivity index (χ0n) is 7.01. The number of carbonyl (C=O) groups is 1. The Bertz CT molecular complexity index is 291. The van der Waals surface area contributed by atoms with Crippen LogP contribution in [0.15, 0.2) is 24.4 Å². The van der Waals surface area contributed by atoms with Crippen LogP contribution in [-0.2, 0) is 4.79 Å². The van der Waals surface area contributed by atoms with E-state index in [0.717, 1.165) is 0 Å². The molecule has 13 heavy (non-hydrogen) atoms. The number of carboxylic acids is 1. The van der Waals surface area contributed by atoms with Crippen molar-refractivity contribution in [3.63, 3.8) is 0 Å². The molecule has 0 saturated heterocycles. The van der Waals surface area contributed by atoms with E-state index in [0.29, 0.717) is 5.82 Å². The Morgan fingerprint density at radius 3 is 2.85 bits per heavy atom. The Balaban J connectivity index is 2.79. The summed E-state index contributed by atoms with van der Waals surface area (Å²) in [6, 6.07) is 4.66. The van der Waals surface area contributed by atoms with Crippen LogP contribution in [0.2, 0.25) is 0 Å². The summed E-state index contributed by atoms with van der Waals surface area (Å²) in [6.07, 6.45) is 1.61. The normalized spacial score (nSPS) is 12.2. The Hall–Kier alpha value is -1.10. The van der Waals surface area contributed by atoms with Gasteiger partial charge in [0.2, 0.25) is 0 Å². The lowest BCUT2D eigenvalue weighted by molar-refractivity contribution is -0.137. The van der Waals surface area contributed by atoms with E-state index in [1.807, 2.05) is 0 Å². The van der Waals surface area contributed by atoms with Crippen LogP contribution < -0.4 is 3.93 Å². The van der Waals surface area contributed by atoms with Crippen molar-refractivity contribution in [2.45, 2.75) is 13.0 Å². The van der Waals surface area contributed by atoms with Crippen LogP contribution >= 0.6 is 16.1 Å². The summed E-state index contributed by atoms with van der Waals surface area (Å²) in [5.41, 5.74) is 0. The molecule has 0 unspecified atom stereocenters. The molecule has 1 aromatic heterocycles. The van der Waals surface area contributed by atoms with Crippen molar-refractivity contribution in [3.05, 3.63) is 24.4 Å². The SMILES string of the molecule is C[C@@H](C(=O)O)N(Br)c1ccccn1. The molecule has 0 saturated carbocycles. The van der Waals surface area contributed by atoms with Gasteiger partial charge in [0.15, 0.2) is 0 Å². The molecular formula is C8H9BrN2O2. The summed E-state index contributed by atoms with van der Waals surface area (Å²) in [4.78, 5) is 14.6. The molecule has 0 radical (unpaired) electrons. The number of anilines is 1. The average Bonchev–Trinajstić information content (AvgIpc) is 2.17. The van der Waals surface area contributed by atoms with Crippen molar-refractivity contribution in [2.24, 2.45) is 0 Å². The minimum Gasteiger partial charge on any atom is -0.480 e. The van der Waals surface area contributed by atoms with E-state index in [2.05, 4.69) is 21.1 Å². The van der Waals surface area contributed by atoms with E-state index in [1.54, 1.807) is 31.3 Å². The van der Waals surface area contributed by atoms with Crippen molar-refractivity contribution in [1.29, 1.82) is 0 Å². The average molecular weight is 245 g/mol. The van der Waals surface area contributed by atoms with Gasteiger partial charge >= 0.3 is 5.97 Å². The molecule has 4 nitrogen and oxygen atoms in total. The number of aliphatic carboxylic acids is 1. The van der Waals surface area contributed by atoms with Crippen LogP contribution in [0.25, 0.3) is 0 Å². The van der Waals surface area contributed by atoms with Crippen LogP contribution in [0.5, 0.6) is 0 Å². The molecule has 1 atom stereocenters. The number of hydrogen-bond acceptors (Lipinski definition) is 3. The van der Waals surface area contributed by atoms with Crippen LogP contribution in [-0.4, -0.2) is 22.1 Å². The first-order valence-electron chi connectivity index (χ1n) is 3.72. The zero-order chi connectivity index (χ0) is 9.84. The highest BCUT2D eigenvalue weighted by molar-refractivity contribution is 9.10. The van der Waals surface area contributed by atoms with E-state index in [4.69, 9.17) is 5.11 Å². The molecule has 0 aliphatic heterocycles. The second-order valence-electron chi connectivity index (χ2n) is 2.51. The van der Waals surface area contributed by atoms with Gasteiger partial charge in [-0.15, -0.1) is 0 Å². The predicted octanol–water partition coefficient (Wildman–Crippen LogP) is 1.67. The van der Waals surface area contributed by atoms with Gasteiger partial charge in [-0.3, -0.25) is 3.93 Å². The van der Waals surface area contributed by atoms with E-state index >= 15 is 0 Å². The molecule has 1 aromatic rings. The molecule has 0 amide bonds. The number of aromatic nitrogens is 1. The van der Waals surface area contributed by atoms with E-state index < -0.39 is 12.0 Å². The zero-order valence-corrected chi connectivity index (χ0v) is 8.60. The quantitative estimate of drug-likeness (QED) is 0.823. The first kappa shape index (κ1) is 9.98. The molecule has 0 spiro atoms. The predicted molar refractivity (Wildman–Crippen MR) is 52.7 cm³/mol. The highest BCUT2D eigenvalue weighted by Crippen LogP contribution is 2.17. The lowest BCUT2D eigenvalue weighted by Crippen LogP contribution is -2.31. The van der Waals surface area contributed by atoms with Gasteiger partial charge in [0.25, 0.3) is 0 Å². The van der Waals surface area contributed by atoms with Crippen LogP contribution in [0.4, 0.5) is 5.82 Å². The van der Waals surface area contributed by atoms with Crippen LogP contribution in [0, 0.1) is 0 Å². The number of hydrogen-bond donors (Lipinski definition) is 1. The first-order valence-corrected chi connectivity index (χ1v) is 4.42. The molecule has 0 bridgehead atoms. The second-order valence-corrected chi connectivity index (χ2v) is 3.28. The second kappa shape index (κ2) is 4.23. The van der Waals surface area contributed by atoms with Gasteiger partial charge in [0.05, 0.1) is 16.1 Å². The van der Waals surface area contributed by atoms with Crippen molar-refractivity contribution in [3.8, 4) is 0 Å². The molecule has 0 fully saturated rings. The van der Waals surface area contributed by atoms with Gasteiger partial charge in [-0.05, 0) is 19.1 Å². The maximum atomic E-state index is 10.6. The number of nitrogens with zero attached hydrogens (tertiary/aromatic N) is 2. The number of halogens is 1. The molecule has 1 heterocycles. The molecule has 0 aromatic carbocycles. The van der Waals surface area contributed by atoms with Crippen molar-refractivity contribution in [1.82, 2.24) is 4.98 Å². The fraction of sp³-hybridized carbons (Fsp3) is 0.250. The topological polar surface area (TPSA) is 53.4 Å². The third kappa shape index (κ3) is 2.42. The molecular weight excluding hydrogens is 236 g/mol. The van der Waals surface area contributed by atoms with Crippen LogP contribution in [0.1, 0.15) is 6.92 Å². The first-order chi connectivity index (χ1) is 6.13. The van der Waals surface area contributed by atoms with E-state index in [-0.39, 0.29) is 0 Å². The highest BCUT2D eigenvalue weighted by Gasteiger charge is 2.19. The monoisotopic (exact) mass is 244 g/mol. The lowest BCUT2D eigenvalue weighted by Gasteiger charge is -2.18. The lowest BCUT2D eigenvalue weighted by atomic mass is 10.3. The van der Waals surface area contributed by atoms with E-state index in [9.17, 15) is 4.79 Å². The van der Waals surface area contributed by atoms with Gasteiger partial charge < -0.3 is 5.11 Å². The molecule has 0 aliphatic rings. The summed E-state index contributed by atoms with van der Waals surface area (Å²) >= 11 is 3.14. The fourth-order valence-corrected chi connectivity index (χ4v) is 1.16. The Kier molecular flexibility index (Phi) is 3.25. The van der Waals surface area contributed by atoms with Gasteiger partial charge in [-0.25, -0.2) is 9.78 Å². The maximum Gasteiger partial charge on any atom is 0.327 e. The van der Waals surface area contributed by atoms with Gasteiger partial charge in [0.1, 0.15) is 11.9 Å². The summed E-state index contributed by atoms with van der Waals surface area (Å²) in [5.74, 6) is -0.320. The highest BCUT2D eigenvalue weighted by atomic mass is 79.9. The maximum absolute atomic E-state index is 10.6. The standard InChI is InChI=1S/C8H9BrN2O2/c1-6(8(12)13)11(9)7-4-2-3-5-10-7/h2-6H,1H3,(H,12,13)/t6-/m0/s1. The molecule has 5 heteroatoms. The molecule has 70 valence electrons. The van der Waals surface area contributed by atoms with Crippen molar-refractivity contribution < 1.29 is 9.90 Å². The Labute approximate surface area is 84.5 Å². The minimum atomic E-state index is -0.900. The Morgan fingerprint density at radius 1 is 1.69 bits per heavy atom. The fourth-order valence-electron chi connectivity index (χ4n) is 0.775. The third-order valence-corrected chi connectivity index (χ3v) is 2.54. The Morgan fingerprint density at radius 2 is 2.38 bits per heavy atom. The van der Waals surface area contributed by atoms with Gasteiger partial charge in [-0.2, -0.15) is 0 Å². The van der Waals surface area contributed by atoms with Gasteiger partial charge in [0, 0.05) is 6.20 Å².